The molecule has 1 aliphatic rings. The molecule has 6 nitrogen and oxygen atoms in total. The molecular formula is C10H7N3O3. The Morgan fingerprint density at radius 2 is 1.69 bits per heavy atom. The number of amides is 4. The number of anilines is 1. The summed E-state index contributed by atoms with van der Waals surface area (Å²) in [7, 11) is 0. The Balaban J connectivity index is 2.26. The standard InChI is InChI=1S/C10H7N3O3/c1-7-2-4-8(5-3-7)12-9(15)13(10(12)16)11-6-14/h2-5H,1H3. The average Bonchev–Trinajstić information content (AvgIpc) is 2.29. The summed E-state index contributed by atoms with van der Waals surface area (Å²) in [6.45, 7) is 1.90. The van der Waals surface area contributed by atoms with Gasteiger partial charge >= 0.3 is 12.1 Å². The van der Waals surface area contributed by atoms with Crippen molar-refractivity contribution in [2.45, 2.75) is 6.92 Å². The van der Waals surface area contributed by atoms with E-state index in [1.54, 1.807) is 24.3 Å². The highest BCUT2D eigenvalue weighted by Gasteiger charge is 2.45. The summed E-state index contributed by atoms with van der Waals surface area (Å²) in [4.78, 5) is 33.7. The minimum absolute atomic E-state index is 0.456. The summed E-state index contributed by atoms with van der Waals surface area (Å²) in [6.07, 6.45) is 1.14. The van der Waals surface area contributed by atoms with Gasteiger partial charge in [0.15, 0.2) is 0 Å². The lowest BCUT2D eigenvalue weighted by Crippen LogP contribution is -2.61. The van der Waals surface area contributed by atoms with Gasteiger partial charge in [0, 0.05) is 0 Å². The van der Waals surface area contributed by atoms with E-state index in [0.717, 1.165) is 16.5 Å². The van der Waals surface area contributed by atoms with Crippen LogP contribution in [-0.2, 0) is 4.79 Å². The van der Waals surface area contributed by atoms with Gasteiger partial charge in [-0.15, -0.1) is 5.01 Å². The normalized spacial score (nSPS) is 14.6. The van der Waals surface area contributed by atoms with E-state index < -0.39 is 12.1 Å². The van der Waals surface area contributed by atoms with Crippen LogP contribution in [0.3, 0.4) is 0 Å². The molecule has 1 aliphatic heterocycles. The maximum Gasteiger partial charge on any atom is 0.362 e. The highest BCUT2D eigenvalue weighted by Crippen LogP contribution is 2.25. The molecule has 0 aromatic heterocycles. The fraction of sp³-hybridized carbons (Fsp3) is 0.100. The maximum atomic E-state index is 11.4. The van der Waals surface area contributed by atoms with E-state index in [2.05, 4.69) is 5.10 Å². The summed E-state index contributed by atoms with van der Waals surface area (Å²) in [6, 6.07) is 5.54. The van der Waals surface area contributed by atoms with Gasteiger partial charge in [0.25, 0.3) is 6.08 Å². The topological polar surface area (TPSA) is 70.1 Å². The molecule has 1 fully saturated rings. The minimum Gasteiger partial charge on any atom is -0.245 e. The van der Waals surface area contributed by atoms with Gasteiger partial charge in [-0.25, -0.2) is 19.3 Å². The van der Waals surface area contributed by atoms with Crippen LogP contribution in [-0.4, -0.2) is 23.2 Å². The molecule has 0 spiro atoms. The van der Waals surface area contributed by atoms with Crippen LogP contribution in [0.2, 0.25) is 0 Å². The number of benzene rings is 1. The number of imide groups is 2. The van der Waals surface area contributed by atoms with Crippen LogP contribution in [0.15, 0.2) is 29.4 Å². The molecule has 0 bridgehead atoms. The van der Waals surface area contributed by atoms with Crippen molar-refractivity contribution in [1.29, 1.82) is 0 Å². The lowest BCUT2D eigenvalue weighted by molar-refractivity contribution is 0.174. The van der Waals surface area contributed by atoms with Crippen LogP contribution in [0.5, 0.6) is 0 Å². The first-order chi connectivity index (χ1) is 7.65. The second kappa shape index (κ2) is 3.60. The quantitative estimate of drug-likeness (QED) is 0.558. The van der Waals surface area contributed by atoms with Crippen molar-refractivity contribution in [3.8, 4) is 0 Å². The van der Waals surface area contributed by atoms with E-state index in [1.165, 1.54) is 0 Å². The predicted octanol–water partition coefficient (Wildman–Crippen LogP) is 1.61. The van der Waals surface area contributed by atoms with E-state index in [4.69, 9.17) is 0 Å². The van der Waals surface area contributed by atoms with Gasteiger partial charge in [0.1, 0.15) is 0 Å². The molecule has 16 heavy (non-hydrogen) atoms. The Morgan fingerprint density at radius 1 is 1.12 bits per heavy atom. The number of rotatable bonds is 2. The fourth-order valence-corrected chi connectivity index (χ4v) is 1.35. The molecule has 0 N–H and O–H groups in total. The van der Waals surface area contributed by atoms with Crippen molar-refractivity contribution in [3.05, 3.63) is 29.8 Å². The van der Waals surface area contributed by atoms with E-state index >= 15 is 0 Å². The van der Waals surface area contributed by atoms with Gasteiger partial charge in [-0.05, 0) is 19.1 Å². The van der Waals surface area contributed by atoms with Crippen molar-refractivity contribution >= 4 is 23.8 Å². The molecule has 0 radical (unpaired) electrons. The van der Waals surface area contributed by atoms with Crippen LogP contribution in [0.4, 0.5) is 15.3 Å². The van der Waals surface area contributed by atoms with Crippen LogP contribution in [0, 0.1) is 6.92 Å². The van der Waals surface area contributed by atoms with Gasteiger partial charge in [0.2, 0.25) is 0 Å². The fourth-order valence-electron chi connectivity index (χ4n) is 1.35. The largest absolute Gasteiger partial charge is 0.362 e. The zero-order valence-corrected chi connectivity index (χ0v) is 8.38. The lowest BCUT2D eigenvalue weighted by atomic mass is 10.2. The molecule has 2 rings (SSSR count). The predicted molar refractivity (Wildman–Crippen MR) is 54.4 cm³/mol. The molecule has 1 aromatic carbocycles. The summed E-state index contributed by atoms with van der Waals surface area (Å²) in [5.41, 5.74) is 1.48. The van der Waals surface area contributed by atoms with Crippen molar-refractivity contribution in [2.24, 2.45) is 5.10 Å². The Bertz CT molecular complexity index is 487. The maximum absolute atomic E-state index is 11.4. The third-order valence-corrected chi connectivity index (χ3v) is 2.18. The van der Waals surface area contributed by atoms with Crippen molar-refractivity contribution < 1.29 is 14.4 Å². The van der Waals surface area contributed by atoms with Gasteiger partial charge in [-0.2, -0.15) is 0 Å². The van der Waals surface area contributed by atoms with E-state index in [9.17, 15) is 14.4 Å². The number of carbonyl (C=O) groups is 2. The van der Waals surface area contributed by atoms with E-state index in [-0.39, 0.29) is 0 Å². The number of hydrogen-bond acceptors (Lipinski definition) is 4. The molecule has 80 valence electrons. The summed E-state index contributed by atoms with van der Waals surface area (Å²) in [5.74, 6) is 0. The van der Waals surface area contributed by atoms with Crippen molar-refractivity contribution in [2.75, 3.05) is 4.90 Å². The van der Waals surface area contributed by atoms with Gasteiger partial charge < -0.3 is 0 Å². The molecule has 0 atom stereocenters. The average molecular weight is 217 g/mol. The molecule has 4 amide bonds. The molecule has 1 heterocycles. The Labute approximate surface area is 90.8 Å². The zero-order chi connectivity index (χ0) is 11.7. The molecular weight excluding hydrogens is 210 g/mol. The number of hydrazone groups is 1. The number of urea groups is 2. The summed E-state index contributed by atoms with van der Waals surface area (Å²) < 4.78 is 0. The lowest BCUT2D eigenvalue weighted by Gasteiger charge is -2.34. The van der Waals surface area contributed by atoms with Gasteiger partial charge in [-0.3, -0.25) is 0 Å². The summed E-state index contributed by atoms with van der Waals surface area (Å²) >= 11 is 0. The second-order valence-corrected chi connectivity index (χ2v) is 3.24. The Morgan fingerprint density at radius 3 is 2.19 bits per heavy atom. The van der Waals surface area contributed by atoms with Crippen LogP contribution >= 0.6 is 0 Å². The zero-order valence-electron chi connectivity index (χ0n) is 8.38. The first-order valence-corrected chi connectivity index (χ1v) is 4.48. The monoisotopic (exact) mass is 217 g/mol. The molecule has 0 saturated carbocycles. The number of aryl methyl sites for hydroxylation is 1. The first-order valence-electron chi connectivity index (χ1n) is 4.48. The van der Waals surface area contributed by atoms with Crippen LogP contribution in [0.25, 0.3) is 0 Å². The van der Waals surface area contributed by atoms with E-state index in [1.807, 2.05) is 6.92 Å². The van der Waals surface area contributed by atoms with Crippen molar-refractivity contribution in [3.63, 3.8) is 0 Å². The number of hydrogen-bond donors (Lipinski definition) is 0. The smallest absolute Gasteiger partial charge is 0.245 e. The Kier molecular flexibility index (Phi) is 2.27. The molecule has 0 unspecified atom stereocenters. The highest BCUT2D eigenvalue weighted by atomic mass is 16.2. The SMILES string of the molecule is Cc1ccc(N2C(=O)N(N=C=O)C2=O)cc1. The minimum atomic E-state index is -0.655. The van der Waals surface area contributed by atoms with Gasteiger partial charge in [0.05, 0.1) is 5.69 Å². The second-order valence-electron chi connectivity index (χ2n) is 3.24. The van der Waals surface area contributed by atoms with Crippen LogP contribution in [0.1, 0.15) is 5.56 Å². The van der Waals surface area contributed by atoms with Crippen molar-refractivity contribution in [1.82, 2.24) is 5.01 Å². The summed E-state index contributed by atoms with van der Waals surface area (Å²) in [5, 5.41) is 3.44. The molecule has 0 aliphatic carbocycles. The highest BCUT2D eigenvalue weighted by molar-refractivity contribution is 6.28. The number of isocyanates is 1. The Hall–Kier alpha value is -2.46. The molecule has 6 heteroatoms. The number of nitrogens with zero attached hydrogens (tertiary/aromatic N) is 3. The molecule has 1 aromatic rings. The third-order valence-electron chi connectivity index (χ3n) is 2.18. The number of carbonyl (C=O) groups excluding carboxylic acids is 3. The van der Waals surface area contributed by atoms with E-state index in [0.29, 0.717) is 10.7 Å². The van der Waals surface area contributed by atoms with Crippen LogP contribution < -0.4 is 4.90 Å². The first kappa shape index (κ1) is 10.1. The molecule has 1 saturated heterocycles. The third kappa shape index (κ3) is 1.37. The van der Waals surface area contributed by atoms with Gasteiger partial charge in [-0.1, -0.05) is 22.8 Å².